The quantitative estimate of drug-likeness (QED) is 0.359. The van der Waals surface area contributed by atoms with Gasteiger partial charge < -0.3 is 0 Å². The zero-order chi connectivity index (χ0) is 21.7. The number of nitrogens with one attached hydrogen (secondary N) is 3. The average molecular weight is 458 g/mol. The number of carbonyl (C=O) groups is 2. The summed E-state index contributed by atoms with van der Waals surface area (Å²) in [5, 5.41) is 23.3. The molecule has 150 valence electrons. The average Bonchev–Trinajstić information content (AvgIpc) is 2.66. The van der Waals surface area contributed by atoms with Crippen LogP contribution in [0.1, 0.15) is 20.7 Å². The van der Waals surface area contributed by atoms with Crippen molar-refractivity contribution >= 4 is 63.7 Å². The number of benzene rings is 2. The van der Waals surface area contributed by atoms with Crippen molar-refractivity contribution in [2.24, 2.45) is 0 Å². The van der Waals surface area contributed by atoms with Gasteiger partial charge in [0.15, 0.2) is 5.11 Å². The molecule has 0 fully saturated rings. The van der Waals surface area contributed by atoms with Crippen molar-refractivity contribution in [1.82, 2.24) is 16.2 Å². The number of rotatable bonds is 4. The first-order valence-electron chi connectivity index (χ1n) is 7.39. The largest absolute Gasteiger partial charge is 0.298 e. The van der Waals surface area contributed by atoms with Crippen molar-refractivity contribution in [2.45, 2.75) is 0 Å². The molecule has 2 aromatic rings. The Morgan fingerprint density at radius 2 is 1.28 bits per heavy atom. The van der Waals surface area contributed by atoms with Gasteiger partial charge in [-0.3, -0.25) is 46.0 Å². The molecule has 3 N–H and O–H groups in total. The molecule has 0 aliphatic rings. The number of hydrogen-bond acceptors (Lipinski definition) is 7. The minimum atomic E-state index is -0.793. The van der Waals surface area contributed by atoms with Gasteiger partial charge in [0.1, 0.15) is 10.0 Å². The zero-order valence-corrected chi connectivity index (χ0v) is 16.3. The second kappa shape index (κ2) is 9.23. The van der Waals surface area contributed by atoms with Crippen LogP contribution < -0.4 is 16.2 Å². The number of halogens is 2. The summed E-state index contributed by atoms with van der Waals surface area (Å²) in [5.74, 6) is -1.58. The maximum absolute atomic E-state index is 12.1. The first-order chi connectivity index (χ1) is 13.6. The Labute approximate surface area is 177 Å². The summed E-state index contributed by atoms with van der Waals surface area (Å²) in [6.45, 7) is 0. The molecular formula is C15H9Cl2N5O6S. The summed E-state index contributed by atoms with van der Waals surface area (Å²) >= 11 is 16.2. The van der Waals surface area contributed by atoms with Gasteiger partial charge >= 0.3 is 0 Å². The van der Waals surface area contributed by atoms with Crippen LogP contribution in [0.2, 0.25) is 10.0 Å². The van der Waals surface area contributed by atoms with Crippen LogP contribution in [-0.4, -0.2) is 26.8 Å². The van der Waals surface area contributed by atoms with Crippen LogP contribution in [0, 0.1) is 20.2 Å². The van der Waals surface area contributed by atoms with Crippen LogP contribution >= 0.6 is 35.4 Å². The number of hydrogen-bond donors (Lipinski definition) is 3. The van der Waals surface area contributed by atoms with Crippen LogP contribution in [0.3, 0.4) is 0 Å². The Bertz CT molecular complexity index is 1050. The molecule has 0 spiro atoms. The fourth-order valence-corrected chi connectivity index (χ4v) is 2.50. The molecule has 0 aliphatic heterocycles. The van der Waals surface area contributed by atoms with Crippen molar-refractivity contribution in [2.75, 3.05) is 0 Å². The summed E-state index contributed by atoms with van der Waals surface area (Å²) in [4.78, 5) is 44.4. The maximum atomic E-state index is 12.1. The van der Waals surface area contributed by atoms with Gasteiger partial charge in [-0.05, 0) is 36.5 Å². The summed E-state index contributed by atoms with van der Waals surface area (Å²) < 4.78 is 0. The van der Waals surface area contributed by atoms with Crippen LogP contribution in [0.5, 0.6) is 0 Å². The van der Waals surface area contributed by atoms with E-state index in [1.807, 2.05) is 0 Å². The number of carbonyl (C=O) groups excluding carboxylic acids is 2. The molecule has 0 aliphatic carbocycles. The third-order valence-corrected chi connectivity index (χ3v) is 4.17. The van der Waals surface area contributed by atoms with Crippen LogP contribution in [0.4, 0.5) is 11.4 Å². The molecule has 11 nitrogen and oxygen atoms in total. The minimum Gasteiger partial charge on any atom is -0.298 e. The Morgan fingerprint density at radius 1 is 0.828 bits per heavy atom. The van der Waals surface area contributed by atoms with E-state index in [1.165, 1.54) is 24.3 Å². The molecule has 0 atom stereocenters. The molecule has 0 saturated carbocycles. The second-order valence-electron chi connectivity index (χ2n) is 5.21. The lowest BCUT2D eigenvalue weighted by Gasteiger charge is -2.11. The summed E-state index contributed by atoms with van der Waals surface area (Å²) in [5.41, 5.74) is 3.27. The fraction of sp³-hybridized carbons (Fsp3) is 0. The highest BCUT2D eigenvalue weighted by atomic mass is 35.5. The zero-order valence-electron chi connectivity index (χ0n) is 14.0. The Morgan fingerprint density at radius 3 is 1.72 bits per heavy atom. The van der Waals surface area contributed by atoms with E-state index in [0.29, 0.717) is 0 Å². The van der Waals surface area contributed by atoms with Crippen molar-refractivity contribution in [3.05, 3.63) is 77.8 Å². The standard InChI is InChI=1S/C15H9Cl2N5O6S/c16-9-3-1-7(5-11(9)21(25)26)13(23)18-15(29)20-19-14(24)8-2-4-10(17)12(6-8)22(27)28/h1-6H,(H,19,24)(H2,18,20,23,29). The third kappa shape index (κ3) is 5.57. The van der Waals surface area contributed by atoms with Gasteiger partial charge in [0.2, 0.25) is 0 Å². The lowest BCUT2D eigenvalue weighted by Crippen LogP contribution is -2.48. The molecular weight excluding hydrogens is 449 g/mol. The Balaban J connectivity index is 1.99. The van der Waals surface area contributed by atoms with E-state index >= 15 is 0 Å². The monoisotopic (exact) mass is 457 g/mol. The van der Waals surface area contributed by atoms with Gasteiger partial charge in [0.05, 0.1) is 9.85 Å². The molecule has 0 saturated heterocycles. The normalized spacial score (nSPS) is 10.0. The van der Waals surface area contributed by atoms with Gasteiger partial charge in [-0.1, -0.05) is 23.2 Å². The molecule has 0 radical (unpaired) electrons. The number of amides is 2. The SMILES string of the molecule is O=C(NNC(=S)NC(=O)c1ccc(Cl)c([N+](=O)[O-])c1)c1ccc(Cl)c([N+](=O)[O-])c1. The van der Waals surface area contributed by atoms with Crippen LogP contribution in [0.25, 0.3) is 0 Å². The summed E-state index contributed by atoms with van der Waals surface area (Å²) in [6.07, 6.45) is 0. The van der Waals surface area contributed by atoms with Gasteiger partial charge in [-0.2, -0.15) is 0 Å². The number of nitro benzene ring substituents is 2. The molecule has 29 heavy (non-hydrogen) atoms. The molecule has 0 aromatic heterocycles. The van der Waals surface area contributed by atoms with Crippen molar-refractivity contribution in [1.29, 1.82) is 0 Å². The van der Waals surface area contributed by atoms with Gasteiger partial charge in [0, 0.05) is 23.3 Å². The number of nitro groups is 2. The van der Waals surface area contributed by atoms with Crippen molar-refractivity contribution in [3.8, 4) is 0 Å². The second-order valence-corrected chi connectivity index (χ2v) is 6.43. The Hall–Kier alpha value is -3.35. The molecule has 0 heterocycles. The predicted octanol–water partition coefficient (Wildman–Crippen LogP) is 2.76. The highest BCUT2D eigenvalue weighted by Crippen LogP contribution is 2.25. The van der Waals surface area contributed by atoms with E-state index in [2.05, 4.69) is 16.2 Å². The first-order valence-corrected chi connectivity index (χ1v) is 8.56. The van der Waals surface area contributed by atoms with E-state index in [1.54, 1.807) is 0 Å². The Kier molecular flexibility index (Phi) is 6.98. The third-order valence-electron chi connectivity index (χ3n) is 3.33. The summed E-state index contributed by atoms with van der Waals surface area (Å²) in [7, 11) is 0. The highest BCUT2D eigenvalue weighted by Gasteiger charge is 2.18. The first kappa shape index (κ1) is 21.9. The predicted molar refractivity (Wildman–Crippen MR) is 107 cm³/mol. The van der Waals surface area contributed by atoms with E-state index in [9.17, 15) is 29.8 Å². The molecule has 2 amide bonds. The topological polar surface area (TPSA) is 157 Å². The fourth-order valence-electron chi connectivity index (χ4n) is 1.98. The molecule has 14 heteroatoms. The number of thiocarbonyl (C=S) groups is 1. The van der Waals surface area contributed by atoms with Crippen molar-refractivity contribution in [3.63, 3.8) is 0 Å². The lowest BCUT2D eigenvalue weighted by atomic mass is 10.2. The molecule has 2 aromatic carbocycles. The molecule has 2 rings (SSSR count). The van der Waals surface area contributed by atoms with E-state index in [0.717, 1.165) is 12.1 Å². The van der Waals surface area contributed by atoms with Crippen LogP contribution in [-0.2, 0) is 0 Å². The van der Waals surface area contributed by atoms with Gasteiger partial charge in [-0.25, -0.2) is 0 Å². The smallest absolute Gasteiger partial charge is 0.288 e. The van der Waals surface area contributed by atoms with Crippen LogP contribution in [0.15, 0.2) is 36.4 Å². The summed E-state index contributed by atoms with van der Waals surface area (Å²) in [6, 6.07) is 6.79. The van der Waals surface area contributed by atoms with E-state index in [-0.39, 0.29) is 26.3 Å². The number of hydrazine groups is 1. The lowest BCUT2D eigenvalue weighted by molar-refractivity contribution is -0.384. The van der Waals surface area contributed by atoms with E-state index in [4.69, 9.17) is 35.4 Å². The molecule has 0 unspecified atom stereocenters. The van der Waals surface area contributed by atoms with Gasteiger partial charge in [-0.15, -0.1) is 0 Å². The van der Waals surface area contributed by atoms with E-state index < -0.39 is 33.0 Å². The molecule has 0 bridgehead atoms. The van der Waals surface area contributed by atoms with Crippen molar-refractivity contribution < 1.29 is 19.4 Å². The maximum Gasteiger partial charge on any atom is 0.288 e. The van der Waals surface area contributed by atoms with Gasteiger partial charge in [0.25, 0.3) is 23.2 Å². The number of nitrogens with zero attached hydrogens (tertiary/aromatic N) is 2. The minimum absolute atomic E-state index is 0.0870. The highest BCUT2D eigenvalue weighted by molar-refractivity contribution is 7.80.